The predicted molar refractivity (Wildman–Crippen MR) is 87.3 cm³/mol. The molecule has 0 amide bonds. The zero-order chi connectivity index (χ0) is 15.9. The predicted octanol–water partition coefficient (Wildman–Crippen LogP) is 4.21. The van der Waals surface area contributed by atoms with E-state index in [1.165, 1.54) is 19.3 Å². The molecule has 6 atom stereocenters. The molecule has 6 rings (SSSR count). The minimum Gasteiger partial charge on any atom is -0.390 e. The number of ketones is 1. The van der Waals surface area contributed by atoms with E-state index in [2.05, 4.69) is 27.7 Å². The van der Waals surface area contributed by atoms with Crippen molar-refractivity contribution in [3.05, 3.63) is 0 Å². The summed E-state index contributed by atoms with van der Waals surface area (Å²) >= 11 is 0. The highest BCUT2D eigenvalue weighted by Crippen LogP contribution is 2.65. The second kappa shape index (κ2) is 4.37. The van der Waals surface area contributed by atoms with Crippen molar-refractivity contribution in [2.45, 2.75) is 78.2 Å². The van der Waals surface area contributed by atoms with Crippen LogP contribution in [0.3, 0.4) is 0 Å². The zero-order valence-electron chi connectivity index (χ0n) is 14.7. The molecule has 1 unspecified atom stereocenters. The summed E-state index contributed by atoms with van der Waals surface area (Å²) in [6.07, 6.45) is 7.16. The van der Waals surface area contributed by atoms with E-state index in [1.807, 2.05) is 0 Å². The van der Waals surface area contributed by atoms with Crippen LogP contribution in [0.2, 0.25) is 0 Å². The molecule has 6 aliphatic rings. The lowest BCUT2D eigenvalue weighted by atomic mass is 9.42. The van der Waals surface area contributed by atoms with Crippen LogP contribution in [0.4, 0.5) is 0 Å². The first-order valence-electron chi connectivity index (χ1n) is 9.41. The average molecular weight is 304 g/mol. The van der Waals surface area contributed by atoms with Gasteiger partial charge in [-0.25, -0.2) is 0 Å². The summed E-state index contributed by atoms with van der Waals surface area (Å²) in [7, 11) is 0. The van der Waals surface area contributed by atoms with Crippen LogP contribution in [0, 0.1) is 40.4 Å². The molecule has 0 aromatic rings. The number of fused-ring (bicyclic) bond motifs is 4. The van der Waals surface area contributed by atoms with Crippen molar-refractivity contribution < 1.29 is 9.90 Å². The summed E-state index contributed by atoms with van der Waals surface area (Å²) in [6.45, 7) is 9.36. The molecule has 6 saturated carbocycles. The first-order valence-corrected chi connectivity index (χ1v) is 9.41. The molecule has 0 saturated heterocycles. The second-order valence-corrected chi connectivity index (χ2v) is 10.1. The van der Waals surface area contributed by atoms with Gasteiger partial charge < -0.3 is 5.11 Å². The first-order chi connectivity index (χ1) is 10.2. The van der Waals surface area contributed by atoms with E-state index < -0.39 is 5.60 Å². The van der Waals surface area contributed by atoms with Crippen molar-refractivity contribution in [3.8, 4) is 0 Å². The van der Waals surface area contributed by atoms with Gasteiger partial charge in [-0.05, 0) is 73.0 Å². The molecule has 6 fully saturated rings. The molecule has 1 N–H and O–H groups in total. The molecule has 0 heterocycles. The zero-order valence-corrected chi connectivity index (χ0v) is 14.7. The van der Waals surface area contributed by atoms with E-state index in [1.54, 1.807) is 0 Å². The smallest absolute Gasteiger partial charge is 0.136 e. The van der Waals surface area contributed by atoms with Crippen LogP contribution in [0.1, 0.15) is 72.6 Å². The van der Waals surface area contributed by atoms with Gasteiger partial charge in [0.25, 0.3) is 0 Å². The van der Waals surface area contributed by atoms with Gasteiger partial charge in [0, 0.05) is 12.3 Å². The highest BCUT2D eigenvalue weighted by atomic mass is 16.3. The minimum atomic E-state index is -0.497. The maximum Gasteiger partial charge on any atom is 0.136 e. The maximum absolute atomic E-state index is 12.4. The number of carbonyl (C=O) groups excluding carboxylic acids is 1. The Bertz CT molecular complexity index is 504. The third-order valence-electron chi connectivity index (χ3n) is 8.83. The highest BCUT2D eigenvalue weighted by molar-refractivity contribution is 5.83. The van der Waals surface area contributed by atoms with Crippen LogP contribution < -0.4 is 0 Å². The molecule has 0 spiro atoms. The van der Waals surface area contributed by atoms with Gasteiger partial charge in [-0.3, -0.25) is 4.79 Å². The van der Waals surface area contributed by atoms with Crippen LogP contribution >= 0.6 is 0 Å². The Morgan fingerprint density at radius 2 is 1.82 bits per heavy atom. The van der Waals surface area contributed by atoms with E-state index in [-0.39, 0.29) is 5.92 Å². The number of hydrogen-bond donors (Lipinski definition) is 1. The lowest BCUT2D eigenvalue weighted by Crippen LogP contribution is -2.62. The fourth-order valence-electron chi connectivity index (χ4n) is 6.79. The summed E-state index contributed by atoms with van der Waals surface area (Å²) in [4.78, 5) is 12.4. The van der Waals surface area contributed by atoms with Crippen LogP contribution in [0.5, 0.6) is 0 Å². The fourth-order valence-corrected chi connectivity index (χ4v) is 6.79. The Balaban J connectivity index is 1.45. The van der Waals surface area contributed by atoms with Crippen molar-refractivity contribution in [3.63, 3.8) is 0 Å². The van der Waals surface area contributed by atoms with Gasteiger partial charge in [0.1, 0.15) is 5.78 Å². The monoisotopic (exact) mass is 304 g/mol. The van der Waals surface area contributed by atoms with Gasteiger partial charge in [0.05, 0.1) is 5.60 Å². The Labute approximate surface area is 135 Å². The summed E-state index contributed by atoms with van der Waals surface area (Å²) in [5, 5.41) is 11.2. The van der Waals surface area contributed by atoms with Gasteiger partial charge in [-0.1, -0.05) is 27.7 Å². The molecule has 22 heavy (non-hydrogen) atoms. The number of carbonyl (C=O) groups is 1. The van der Waals surface area contributed by atoms with Gasteiger partial charge in [-0.15, -0.1) is 0 Å². The van der Waals surface area contributed by atoms with E-state index in [9.17, 15) is 9.90 Å². The standard InChI is InChI=1S/C20H32O2/c1-18(2)13-9-15(18)14(16(21)10-13)6-8-20(22)7-5-12-11-17(20)19(12,3)4/h12-15,17,22H,5-11H2,1-4H3/t12-,13+,14?,15-,17-,20+/m1/s1. The molecule has 0 radical (unpaired) electrons. The Morgan fingerprint density at radius 1 is 1.09 bits per heavy atom. The Hall–Kier alpha value is -0.370. The Morgan fingerprint density at radius 3 is 2.41 bits per heavy atom. The van der Waals surface area contributed by atoms with Crippen LogP contribution in [0.15, 0.2) is 0 Å². The second-order valence-electron chi connectivity index (χ2n) is 10.1. The topological polar surface area (TPSA) is 37.3 Å². The van der Waals surface area contributed by atoms with Gasteiger partial charge in [0.2, 0.25) is 0 Å². The average Bonchev–Trinajstić information content (AvgIpc) is 2.45. The lowest BCUT2D eigenvalue weighted by Gasteiger charge is -2.64. The van der Waals surface area contributed by atoms with Crippen LogP contribution in [-0.2, 0) is 4.79 Å². The summed E-state index contributed by atoms with van der Waals surface area (Å²) in [5.41, 5.74) is 0.169. The summed E-state index contributed by atoms with van der Waals surface area (Å²) in [6, 6.07) is 0. The van der Waals surface area contributed by atoms with Crippen LogP contribution in [-0.4, -0.2) is 16.5 Å². The van der Waals surface area contributed by atoms with Gasteiger partial charge in [0.15, 0.2) is 0 Å². The van der Waals surface area contributed by atoms with E-state index in [0.29, 0.717) is 34.4 Å². The van der Waals surface area contributed by atoms with E-state index in [0.717, 1.165) is 31.6 Å². The minimum absolute atomic E-state index is 0.227. The third-order valence-corrected chi connectivity index (χ3v) is 8.83. The third kappa shape index (κ3) is 1.79. The molecule has 0 aromatic carbocycles. The Kier molecular flexibility index (Phi) is 3.02. The summed E-state index contributed by atoms with van der Waals surface area (Å²) in [5.74, 6) is 3.20. The van der Waals surface area contributed by atoms with Crippen molar-refractivity contribution >= 4 is 5.78 Å². The largest absolute Gasteiger partial charge is 0.390 e. The van der Waals surface area contributed by atoms with Crippen molar-refractivity contribution in [2.75, 3.05) is 0 Å². The fraction of sp³-hybridized carbons (Fsp3) is 0.950. The quantitative estimate of drug-likeness (QED) is 0.848. The number of aliphatic hydroxyl groups is 1. The maximum atomic E-state index is 12.4. The molecule has 6 aliphatic carbocycles. The van der Waals surface area contributed by atoms with Crippen LogP contribution in [0.25, 0.3) is 0 Å². The molecular formula is C20H32O2. The lowest BCUT2D eigenvalue weighted by molar-refractivity contribution is -0.208. The molecule has 2 nitrogen and oxygen atoms in total. The molecule has 124 valence electrons. The molecule has 0 aliphatic heterocycles. The molecular weight excluding hydrogens is 272 g/mol. The van der Waals surface area contributed by atoms with Gasteiger partial charge in [-0.2, -0.15) is 0 Å². The van der Waals surface area contributed by atoms with Crippen molar-refractivity contribution in [1.29, 1.82) is 0 Å². The SMILES string of the molecule is CC1(C)[C@@H]2CC(=O)C(CC[C@@]3(O)CC[C@@H]4C[C@@H]3C4(C)C)[C@H]1C2. The number of rotatable bonds is 3. The van der Waals surface area contributed by atoms with Gasteiger partial charge >= 0.3 is 0 Å². The molecule has 2 heteroatoms. The highest BCUT2D eigenvalue weighted by Gasteiger charge is 2.61. The first kappa shape index (κ1) is 15.2. The number of hydrogen-bond acceptors (Lipinski definition) is 2. The van der Waals surface area contributed by atoms with E-state index >= 15 is 0 Å². The molecule has 0 aromatic heterocycles. The molecule has 4 bridgehead atoms. The number of Topliss-reactive ketones (excluding diaryl/α,β-unsaturated/α-hetero) is 1. The van der Waals surface area contributed by atoms with E-state index in [4.69, 9.17) is 0 Å². The normalized spacial score (nSPS) is 51.0. The van der Waals surface area contributed by atoms with Crippen molar-refractivity contribution in [2.24, 2.45) is 40.4 Å². The van der Waals surface area contributed by atoms with Crippen molar-refractivity contribution in [1.82, 2.24) is 0 Å². The summed E-state index contributed by atoms with van der Waals surface area (Å²) < 4.78 is 0.